The van der Waals surface area contributed by atoms with Gasteiger partial charge in [-0.2, -0.15) is 0 Å². The average Bonchev–Trinajstić information content (AvgIpc) is 2.32. The fourth-order valence-corrected chi connectivity index (χ4v) is 39.9. The molecule has 0 bridgehead atoms. The monoisotopic (exact) mass is 616 g/mol. The van der Waals surface area contributed by atoms with Crippen LogP contribution in [-0.4, -0.2) is 7.64 Å². The molecule has 0 aromatic carbocycles. The first-order valence-electron chi connectivity index (χ1n) is 2.93. The Morgan fingerprint density at radius 3 is 2.06 bits per heavy atom. The van der Waals surface area contributed by atoms with E-state index >= 15 is 0 Å². The Balaban J connectivity index is 4.35. The molecule has 105 valence electrons. The van der Waals surface area contributed by atoms with Gasteiger partial charge < -0.3 is 0 Å². The molecule has 0 aliphatic carbocycles. The number of rotatable bonds is 9. The molecule has 18 heavy (non-hydrogen) atoms. The van der Waals surface area contributed by atoms with Crippen molar-refractivity contribution in [1.82, 2.24) is 0 Å². The maximum atomic E-state index is 5.32. The fourth-order valence-electron chi connectivity index (χ4n) is 0.230. The molecule has 0 aliphatic heterocycles. The van der Waals surface area contributed by atoms with Crippen molar-refractivity contribution in [3.05, 3.63) is 0 Å². The van der Waals surface area contributed by atoms with E-state index in [1.165, 1.54) is 39.3 Å². The van der Waals surface area contributed by atoms with Crippen LogP contribution in [0.15, 0.2) is 4.30 Å². The molecule has 1 radical (unpaired) electrons. The van der Waals surface area contributed by atoms with E-state index in [0.717, 1.165) is 0 Å². The molecule has 0 spiro atoms. The van der Waals surface area contributed by atoms with Crippen molar-refractivity contribution < 1.29 is 2.51 Å². The number of hydrogen-bond acceptors (Lipinski definition) is 11. The predicted octanol–water partition coefficient (Wildman–Crippen LogP) is 3.19. The van der Waals surface area contributed by atoms with Crippen molar-refractivity contribution in [2.75, 3.05) is 0 Å². The second-order valence-corrected chi connectivity index (χ2v) is 36.0. The Kier molecular flexibility index (Phi) is 14.2. The van der Waals surface area contributed by atoms with Crippen LogP contribution in [-0.2, 0) is 97.5 Å². The van der Waals surface area contributed by atoms with Crippen LogP contribution >= 0.6 is 62.3 Å². The summed E-state index contributed by atoms with van der Waals surface area (Å²) in [4.78, 5) is 0. The van der Waals surface area contributed by atoms with E-state index in [4.69, 9.17) is 77.3 Å². The molecule has 0 aromatic rings. The van der Waals surface area contributed by atoms with Gasteiger partial charge in [0.2, 0.25) is 0 Å². The van der Waals surface area contributed by atoms with Crippen molar-refractivity contribution in [1.29, 1.82) is 0 Å². The van der Waals surface area contributed by atoms with E-state index in [1.807, 2.05) is 0 Å². The standard InChI is InChI=1S/BINOS14/c1-3-15(5)16(6)18(9,10)14-12-11-13-17(7,8)4-2. The summed E-state index contributed by atoms with van der Waals surface area (Å²) in [5.74, 6) is 0. The van der Waals surface area contributed by atoms with Gasteiger partial charge in [-0.3, -0.25) is 0 Å². The van der Waals surface area contributed by atoms with Crippen LogP contribution in [0.25, 0.3) is 0 Å². The van der Waals surface area contributed by atoms with E-state index in [1.54, 1.807) is 23.0 Å². The molecule has 0 rings (SSSR count). The molecule has 0 N–H and O–H groups in total. The van der Waals surface area contributed by atoms with Crippen LogP contribution in [0, 0.1) is 0 Å². The van der Waals surface area contributed by atoms with Crippen LogP contribution in [0.2, 0.25) is 0 Å². The van der Waals surface area contributed by atoms with Gasteiger partial charge in [-0.1, -0.05) is 0 Å². The molecule has 2 nitrogen and oxygen atoms in total. The third-order valence-corrected chi connectivity index (χ3v) is 43.8. The average molecular weight is 617 g/mol. The molecule has 0 saturated heterocycles. The van der Waals surface area contributed by atoms with Gasteiger partial charge in [-0.05, 0) is 0 Å². The molecule has 0 aromatic heterocycles. The predicted molar refractivity (Wildman–Crippen MR) is 127 cm³/mol. The van der Waals surface area contributed by atoms with Gasteiger partial charge in [0.25, 0.3) is 0 Å². The number of halogens is 1. The topological polar surface area (TPSA) is 21.6 Å². The van der Waals surface area contributed by atoms with Gasteiger partial charge in [-0.25, -0.2) is 0 Å². The van der Waals surface area contributed by atoms with Crippen molar-refractivity contribution >= 4 is 165 Å². The Morgan fingerprint density at radius 2 is 1.61 bits per heavy atom. The van der Waals surface area contributed by atoms with E-state index in [2.05, 4.69) is 4.30 Å². The minimum atomic E-state index is -1.92. The molecule has 2 atom stereocenters. The maximum absolute atomic E-state index is 5.32. The normalized spacial score (nSPS) is 16.0. The molecule has 0 saturated carbocycles. The summed E-state index contributed by atoms with van der Waals surface area (Å²) in [6.07, 6.45) is 0. The van der Waals surface area contributed by atoms with Crippen molar-refractivity contribution in [2.24, 2.45) is 4.30 Å². The van der Waals surface area contributed by atoms with E-state index in [0.29, 0.717) is 0 Å². The summed E-state index contributed by atoms with van der Waals surface area (Å²) >= 11 is 32.7. The zero-order valence-corrected chi connectivity index (χ0v) is 21.1. The van der Waals surface area contributed by atoms with Gasteiger partial charge in [0, 0.05) is 0 Å². The quantitative estimate of drug-likeness (QED) is 0.165. The molecular formula is BINOS14. The molecule has 0 heterocycles. The number of nitrogens with zero attached hydrogens (tertiary/aromatic N) is 1. The zero-order valence-electron chi connectivity index (χ0n) is 7.53. The third-order valence-electron chi connectivity index (χ3n) is 0.696. The first kappa shape index (κ1) is 22.7. The second-order valence-electron chi connectivity index (χ2n) is 1.68. The molecule has 2 unspecified atom stereocenters. The fraction of sp³-hybridized carbons (Fsp3) is 0. The van der Waals surface area contributed by atoms with Gasteiger partial charge in [0.1, 0.15) is 0 Å². The van der Waals surface area contributed by atoms with Crippen molar-refractivity contribution in [3.63, 3.8) is 0 Å². The second kappa shape index (κ2) is 11.3. The van der Waals surface area contributed by atoms with Crippen molar-refractivity contribution in [3.8, 4) is 0 Å². The molecular weight excluding hydrogens is 617 g/mol. The summed E-state index contributed by atoms with van der Waals surface area (Å²) in [6.45, 7) is -1.92. The van der Waals surface area contributed by atoms with Crippen LogP contribution in [0.1, 0.15) is 0 Å². The Hall–Kier alpha value is 4.67. The van der Waals surface area contributed by atoms with Crippen LogP contribution in [0.3, 0.4) is 0 Å². The van der Waals surface area contributed by atoms with Gasteiger partial charge in [0.05, 0.1) is 0 Å². The van der Waals surface area contributed by atoms with Gasteiger partial charge in [-0.15, -0.1) is 0 Å². The van der Waals surface area contributed by atoms with Gasteiger partial charge in [0.15, 0.2) is 0 Å². The number of hydrogen-bond donors (Lipinski definition) is 0. The summed E-state index contributed by atoms with van der Waals surface area (Å²) in [5, 5.41) is -1.91. The van der Waals surface area contributed by atoms with E-state index in [9.17, 15) is 0 Å². The van der Waals surface area contributed by atoms with Gasteiger partial charge >= 0.3 is 172 Å². The first-order chi connectivity index (χ1) is 8.16. The Labute approximate surface area is 168 Å². The summed E-state index contributed by atoms with van der Waals surface area (Å²) in [6, 6.07) is 0. The Morgan fingerprint density at radius 1 is 1.11 bits per heavy atom. The SMILES string of the molecule is [B]=NS(=S)S(=S)S(=S)(=S)SSSSS(=S)(=S)OI. The zero-order chi connectivity index (χ0) is 14.4. The first-order valence-corrected chi connectivity index (χ1v) is 21.8. The molecule has 18 heteroatoms. The summed E-state index contributed by atoms with van der Waals surface area (Å²) in [7, 11) is 8.95. The van der Waals surface area contributed by atoms with E-state index < -0.39 is 27.9 Å². The van der Waals surface area contributed by atoms with Crippen LogP contribution in [0.5, 0.6) is 0 Å². The van der Waals surface area contributed by atoms with Crippen LogP contribution < -0.4 is 0 Å². The van der Waals surface area contributed by atoms with E-state index in [-0.39, 0.29) is 0 Å². The summed E-state index contributed by atoms with van der Waals surface area (Å²) < 4.78 is 8.45. The third kappa shape index (κ3) is 9.73. The minimum absolute atomic E-state index is 0.763. The molecule has 0 amide bonds. The Bertz CT molecular complexity index is 524. The molecule has 0 aliphatic rings. The molecule has 0 fully saturated rings. The van der Waals surface area contributed by atoms with Crippen LogP contribution in [0.4, 0.5) is 0 Å². The van der Waals surface area contributed by atoms with Crippen molar-refractivity contribution in [2.45, 2.75) is 0 Å². The summed E-state index contributed by atoms with van der Waals surface area (Å²) in [5.41, 5.74) is 0.